The standard InChI is InChI=1S/C6H10N2O2/c1-8-3-2-7-6(8)10-5-4-9/h2-3,9H,4-5H2,1H3. The molecule has 1 N–H and O–H groups in total. The number of hydrogen-bond donors (Lipinski definition) is 1. The highest BCUT2D eigenvalue weighted by Crippen LogP contribution is 2.02. The smallest absolute Gasteiger partial charge is 0.296 e. The molecule has 0 atom stereocenters. The fourth-order valence-corrected chi connectivity index (χ4v) is 0.628. The Bertz CT molecular complexity index is 197. The van der Waals surface area contributed by atoms with Gasteiger partial charge in [-0.05, 0) is 0 Å². The lowest BCUT2D eigenvalue weighted by atomic mass is 10.8. The molecule has 0 fully saturated rings. The molecule has 0 amide bonds. The van der Waals surface area contributed by atoms with Gasteiger partial charge in [-0.1, -0.05) is 0 Å². The van der Waals surface area contributed by atoms with Crippen molar-refractivity contribution in [3.05, 3.63) is 12.4 Å². The van der Waals surface area contributed by atoms with Crippen molar-refractivity contribution in [3.8, 4) is 6.01 Å². The molecule has 1 heterocycles. The zero-order chi connectivity index (χ0) is 7.40. The largest absolute Gasteiger partial charge is 0.462 e. The molecular formula is C6H10N2O2. The van der Waals surface area contributed by atoms with E-state index in [0.717, 1.165) is 0 Å². The second kappa shape index (κ2) is 3.22. The molecule has 0 radical (unpaired) electrons. The Kier molecular flexibility index (Phi) is 2.28. The molecule has 0 unspecified atom stereocenters. The topological polar surface area (TPSA) is 47.3 Å². The van der Waals surface area contributed by atoms with Crippen molar-refractivity contribution in [2.45, 2.75) is 0 Å². The molecule has 0 aliphatic carbocycles. The fourth-order valence-electron chi connectivity index (χ4n) is 0.628. The molecule has 1 aromatic rings. The van der Waals surface area contributed by atoms with E-state index < -0.39 is 0 Å². The van der Waals surface area contributed by atoms with Gasteiger partial charge in [0.1, 0.15) is 6.61 Å². The zero-order valence-electron chi connectivity index (χ0n) is 5.82. The van der Waals surface area contributed by atoms with E-state index in [4.69, 9.17) is 9.84 Å². The zero-order valence-corrected chi connectivity index (χ0v) is 5.82. The molecule has 10 heavy (non-hydrogen) atoms. The quantitative estimate of drug-likeness (QED) is 0.635. The first-order valence-electron chi connectivity index (χ1n) is 3.05. The minimum Gasteiger partial charge on any atom is -0.462 e. The Morgan fingerprint density at radius 2 is 2.60 bits per heavy atom. The van der Waals surface area contributed by atoms with E-state index in [0.29, 0.717) is 12.6 Å². The van der Waals surface area contributed by atoms with Crippen LogP contribution in [0.1, 0.15) is 0 Å². The van der Waals surface area contributed by atoms with Crippen molar-refractivity contribution in [3.63, 3.8) is 0 Å². The summed E-state index contributed by atoms with van der Waals surface area (Å²) in [5.74, 6) is 0. The van der Waals surface area contributed by atoms with Gasteiger partial charge in [0.15, 0.2) is 0 Å². The number of nitrogens with zero attached hydrogens (tertiary/aromatic N) is 2. The SMILES string of the molecule is Cn1ccnc1OCCO. The van der Waals surface area contributed by atoms with Crippen LogP contribution in [0.4, 0.5) is 0 Å². The van der Waals surface area contributed by atoms with Crippen LogP contribution in [-0.4, -0.2) is 27.9 Å². The van der Waals surface area contributed by atoms with E-state index >= 15 is 0 Å². The predicted molar refractivity (Wildman–Crippen MR) is 35.8 cm³/mol. The molecule has 0 spiro atoms. The van der Waals surface area contributed by atoms with Crippen LogP contribution in [0.3, 0.4) is 0 Å². The summed E-state index contributed by atoms with van der Waals surface area (Å²) >= 11 is 0. The van der Waals surface area contributed by atoms with Crippen LogP contribution in [-0.2, 0) is 7.05 Å². The van der Waals surface area contributed by atoms with Crippen molar-refractivity contribution in [1.29, 1.82) is 0 Å². The first kappa shape index (κ1) is 7.08. The Morgan fingerprint density at radius 3 is 3.10 bits per heavy atom. The van der Waals surface area contributed by atoms with Crippen LogP contribution >= 0.6 is 0 Å². The minimum absolute atomic E-state index is 0.0207. The monoisotopic (exact) mass is 142 g/mol. The summed E-state index contributed by atoms with van der Waals surface area (Å²) in [6.45, 7) is 0.317. The Hall–Kier alpha value is -1.03. The van der Waals surface area contributed by atoms with E-state index in [1.807, 2.05) is 7.05 Å². The predicted octanol–water partition coefficient (Wildman–Crippen LogP) is -0.209. The summed E-state index contributed by atoms with van der Waals surface area (Å²) in [5, 5.41) is 8.39. The number of imidazole rings is 1. The third kappa shape index (κ3) is 1.48. The summed E-state index contributed by atoms with van der Waals surface area (Å²) in [5.41, 5.74) is 0. The van der Waals surface area contributed by atoms with E-state index in [-0.39, 0.29) is 6.61 Å². The third-order valence-corrected chi connectivity index (χ3v) is 1.10. The number of aryl methyl sites for hydroxylation is 1. The van der Waals surface area contributed by atoms with Crippen LogP contribution in [0.2, 0.25) is 0 Å². The number of aromatic nitrogens is 2. The van der Waals surface area contributed by atoms with Crippen molar-refractivity contribution < 1.29 is 9.84 Å². The summed E-state index contributed by atoms with van der Waals surface area (Å²) in [6, 6.07) is 0.536. The highest BCUT2D eigenvalue weighted by molar-refractivity contribution is 4.96. The second-order valence-corrected chi connectivity index (χ2v) is 1.89. The molecule has 1 aromatic heterocycles. The van der Waals surface area contributed by atoms with Gasteiger partial charge < -0.3 is 14.4 Å². The maximum atomic E-state index is 8.39. The van der Waals surface area contributed by atoms with E-state index in [2.05, 4.69) is 4.98 Å². The van der Waals surface area contributed by atoms with E-state index in [1.165, 1.54) is 0 Å². The first-order valence-corrected chi connectivity index (χ1v) is 3.05. The molecule has 0 aliphatic rings. The molecule has 4 nitrogen and oxygen atoms in total. The summed E-state index contributed by atoms with van der Waals surface area (Å²) in [4.78, 5) is 3.88. The van der Waals surface area contributed by atoms with Gasteiger partial charge in [-0.3, -0.25) is 0 Å². The highest BCUT2D eigenvalue weighted by atomic mass is 16.5. The molecule has 1 rings (SSSR count). The molecule has 0 aliphatic heterocycles. The van der Waals surface area contributed by atoms with Gasteiger partial charge in [0, 0.05) is 19.4 Å². The lowest BCUT2D eigenvalue weighted by Gasteiger charge is -2.01. The summed E-state index contributed by atoms with van der Waals surface area (Å²) in [7, 11) is 1.83. The average molecular weight is 142 g/mol. The van der Waals surface area contributed by atoms with E-state index in [1.54, 1.807) is 17.0 Å². The molecule has 0 saturated carbocycles. The normalized spacial score (nSPS) is 9.80. The van der Waals surface area contributed by atoms with Gasteiger partial charge in [0.2, 0.25) is 0 Å². The Labute approximate surface area is 59.1 Å². The van der Waals surface area contributed by atoms with Crippen LogP contribution in [0.25, 0.3) is 0 Å². The molecule has 0 bridgehead atoms. The lowest BCUT2D eigenvalue weighted by molar-refractivity contribution is 0.188. The lowest BCUT2D eigenvalue weighted by Crippen LogP contribution is -2.05. The van der Waals surface area contributed by atoms with Crippen molar-refractivity contribution >= 4 is 0 Å². The average Bonchev–Trinajstić information content (AvgIpc) is 2.31. The summed E-state index contributed by atoms with van der Waals surface area (Å²) < 4.78 is 6.77. The molecule has 0 aromatic carbocycles. The second-order valence-electron chi connectivity index (χ2n) is 1.89. The number of aliphatic hydroxyl groups is 1. The van der Waals surface area contributed by atoms with Crippen LogP contribution in [0.5, 0.6) is 6.01 Å². The van der Waals surface area contributed by atoms with E-state index in [9.17, 15) is 0 Å². The van der Waals surface area contributed by atoms with Gasteiger partial charge >= 0.3 is 0 Å². The number of rotatable bonds is 3. The van der Waals surface area contributed by atoms with Gasteiger partial charge in [0.25, 0.3) is 6.01 Å². The van der Waals surface area contributed by atoms with Crippen molar-refractivity contribution in [2.75, 3.05) is 13.2 Å². The number of hydrogen-bond acceptors (Lipinski definition) is 3. The van der Waals surface area contributed by atoms with Crippen molar-refractivity contribution in [2.24, 2.45) is 7.05 Å². The summed E-state index contributed by atoms with van der Waals surface area (Å²) in [6.07, 6.45) is 3.43. The van der Waals surface area contributed by atoms with Crippen LogP contribution in [0, 0.1) is 0 Å². The van der Waals surface area contributed by atoms with Gasteiger partial charge in [-0.15, -0.1) is 0 Å². The van der Waals surface area contributed by atoms with Gasteiger partial charge in [-0.25, -0.2) is 4.98 Å². The maximum absolute atomic E-state index is 8.39. The van der Waals surface area contributed by atoms with Crippen molar-refractivity contribution in [1.82, 2.24) is 9.55 Å². The molecule has 0 saturated heterocycles. The first-order chi connectivity index (χ1) is 4.84. The van der Waals surface area contributed by atoms with Crippen LogP contribution in [0.15, 0.2) is 12.4 Å². The Morgan fingerprint density at radius 1 is 1.80 bits per heavy atom. The highest BCUT2D eigenvalue weighted by Gasteiger charge is 1.96. The van der Waals surface area contributed by atoms with Crippen LogP contribution < -0.4 is 4.74 Å². The number of ether oxygens (including phenoxy) is 1. The van der Waals surface area contributed by atoms with Gasteiger partial charge in [-0.2, -0.15) is 0 Å². The molecule has 56 valence electrons. The Balaban J connectivity index is 2.49. The third-order valence-electron chi connectivity index (χ3n) is 1.10. The fraction of sp³-hybridized carbons (Fsp3) is 0.500. The molecular weight excluding hydrogens is 132 g/mol. The maximum Gasteiger partial charge on any atom is 0.296 e. The minimum atomic E-state index is 0.0207. The van der Waals surface area contributed by atoms with Gasteiger partial charge in [0.05, 0.1) is 6.61 Å². The molecule has 4 heteroatoms. The number of aliphatic hydroxyl groups excluding tert-OH is 1.